The monoisotopic (exact) mass is 725 g/mol. The molecule has 1 aliphatic rings. The molecule has 0 spiro atoms. The molecule has 1 aliphatic heterocycles. The number of ether oxygens (including phenoxy) is 1. The minimum Gasteiger partial charge on any atom is -0.494 e. The zero-order valence-corrected chi connectivity index (χ0v) is 31.6. The van der Waals surface area contributed by atoms with Crippen molar-refractivity contribution in [2.45, 2.75) is 60.4 Å². The van der Waals surface area contributed by atoms with Gasteiger partial charge in [-0.2, -0.15) is 5.10 Å². The number of hydrogen-bond acceptors (Lipinski definition) is 4. The van der Waals surface area contributed by atoms with E-state index >= 15 is 4.79 Å². The maximum absolute atomic E-state index is 15.1. The van der Waals surface area contributed by atoms with Gasteiger partial charge in [0.15, 0.2) is 0 Å². The Morgan fingerprint density at radius 3 is 2.33 bits per heavy atom. The van der Waals surface area contributed by atoms with Gasteiger partial charge in [-0.25, -0.2) is 4.79 Å². The number of halogens is 2. The van der Waals surface area contributed by atoms with Gasteiger partial charge in [0.2, 0.25) is 0 Å². The van der Waals surface area contributed by atoms with Gasteiger partial charge >= 0.3 is 5.97 Å². The van der Waals surface area contributed by atoms with Crippen molar-refractivity contribution in [3.05, 3.63) is 97.5 Å². The quantitative estimate of drug-likeness (QED) is 0.158. The number of carboxylic acid groups (broad SMARTS) is 1. The summed E-state index contributed by atoms with van der Waals surface area (Å²) in [5.74, 6) is -0.388. The van der Waals surface area contributed by atoms with Crippen molar-refractivity contribution < 1.29 is 19.4 Å². The Morgan fingerprint density at radius 1 is 0.980 bits per heavy atom. The third-order valence-electron chi connectivity index (χ3n) is 10.5. The van der Waals surface area contributed by atoms with Crippen LogP contribution in [0.15, 0.2) is 42.5 Å². The van der Waals surface area contributed by atoms with E-state index in [1.807, 2.05) is 93.7 Å². The van der Waals surface area contributed by atoms with Gasteiger partial charge in [0, 0.05) is 59.3 Å². The zero-order chi connectivity index (χ0) is 36.6. The number of rotatable bonds is 8. The molecule has 7 rings (SSSR count). The summed E-state index contributed by atoms with van der Waals surface area (Å²) in [6.45, 7) is 12.7. The van der Waals surface area contributed by atoms with E-state index in [0.717, 1.165) is 66.3 Å². The number of carbonyl (C=O) groups is 2. The first-order chi connectivity index (χ1) is 24.2. The molecular weight excluding hydrogens is 685 g/mol. The number of nitrogens with zero attached hydrogens (tertiary/aromatic N) is 5. The van der Waals surface area contributed by atoms with Gasteiger partial charge in [-0.1, -0.05) is 41.4 Å². The Morgan fingerprint density at radius 2 is 1.69 bits per heavy atom. The Labute approximate surface area is 306 Å². The average Bonchev–Trinajstić information content (AvgIpc) is 3.65. The highest BCUT2D eigenvalue weighted by Gasteiger charge is 2.38. The van der Waals surface area contributed by atoms with E-state index in [-0.39, 0.29) is 17.6 Å². The molecule has 0 aliphatic carbocycles. The Bertz CT molecular complexity index is 2410. The van der Waals surface area contributed by atoms with Crippen LogP contribution in [0.25, 0.3) is 32.9 Å². The second kappa shape index (κ2) is 12.8. The molecule has 9 nitrogen and oxygen atoms in total. The lowest BCUT2D eigenvalue weighted by atomic mass is 9.98. The van der Waals surface area contributed by atoms with Crippen LogP contribution in [-0.4, -0.2) is 49.0 Å². The number of aromatic carboxylic acids is 1. The third kappa shape index (κ3) is 5.40. The van der Waals surface area contributed by atoms with Gasteiger partial charge < -0.3 is 23.9 Å². The van der Waals surface area contributed by atoms with Crippen molar-refractivity contribution in [3.63, 3.8) is 0 Å². The van der Waals surface area contributed by atoms with E-state index in [1.165, 1.54) is 0 Å². The minimum absolute atomic E-state index is 0.143. The highest BCUT2D eigenvalue weighted by molar-refractivity contribution is 6.35. The lowest BCUT2D eigenvalue weighted by molar-refractivity contribution is 0.0686. The molecule has 51 heavy (non-hydrogen) atoms. The Kier molecular flexibility index (Phi) is 8.71. The molecule has 264 valence electrons. The van der Waals surface area contributed by atoms with E-state index in [0.29, 0.717) is 53.5 Å². The molecule has 1 amide bonds. The van der Waals surface area contributed by atoms with Crippen LogP contribution in [0, 0.1) is 34.6 Å². The van der Waals surface area contributed by atoms with Crippen LogP contribution in [0.3, 0.4) is 0 Å². The molecule has 0 unspecified atom stereocenters. The highest BCUT2D eigenvalue weighted by Crippen LogP contribution is 2.46. The molecular formula is C40H41Cl2N5O4. The molecule has 3 aromatic carbocycles. The first-order valence-electron chi connectivity index (χ1n) is 17.1. The fourth-order valence-corrected chi connectivity index (χ4v) is 8.49. The van der Waals surface area contributed by atoms with E-state index in [2.05, 4.69) is 11.5 Å². The second-order valence-electron chi connectivity index (χ2n) is 13.8. The fraction of sp³-hybridized carbons (Fsp3) is 0.325. The number of aromatic nitrogens is 4. The topological polar surface area (TPSA) is 94.5 Å². The van der Waals surface area contributed by atoms with Gasteiger partial charge in [-0.3, -0.25) is 9.48 Å². The standard InChI is InChI=1S/C40H41Cl2N5O4/c1-20-17-26(18-21(2)34(20)42)51-16-10-12-28-29-14-15-30(41)33(32-24(5)43-45(8)25(32)6)37(29)47-22(3)19-46(39(48)38(28)47)31-13-9-11-27-23(4)35(40(49)50)44(7)36(27)31/h9,11,13-15,17-18,22H,10,12,16,19H2,1-8H3,(H,49,50)/t22-/m1/s1. The number of anilines is 1. The summed E-state index contributed by atoms with van der Waals surface area (Å²) in [5.41, 5.74) is 10.3. The van der Waals surface area contributed by atoms with Crippen molar-refractivity contribution in [1.29, 1.82) is 0 Å². The van der Waals surface area contributed by atoms with Crippen LogP contribution < -0.4 is 9.64 Å². The molecule has 0 radical (unpaired) electrons. The number of hydrogen-bond donors (Lipinski definition) is 1. The predicted octanol–water partition coefficient (Wildman–Crippen LogP) is 9.31. The van der Waals surface area contributed by atoms with Crippen LogP contribution in [0.5, 0.6) is 5.75 Å². The molecule has 1 atom stereocenters. The Balaban J connectivity index is 1.39. The molecule has 0 bridgehead atoms. The highest BCUT2D eigenvalue weighted by atomic mass is 35.5. The summed E-state index contributed by atoms with van der Waals surface area (Å²) in [4.78, 5) is 29.1. The van der Waals surface area contributed by atoms with Gasteiger partial charge in [-0.05, 0) is 101 Å². The summed E-state index contributed by atoms with van der Waals surface area (Å²) >= 11 is 13.5. The largest absolute Gasteiger partial charge is 0.494 e. The van der Waals surface area contributed by atoms with E-state index in [1.54, 1.807) is 11.6 Å². The molecule has 11 heteroatoms. The van der Waals surface area contributed by atoms with Crippen molar-refractivity contribution in [2.75, 3.05) is 18.1 Å². The van der Waals surface area contributed by atoms with Crippen LogP contribution in [0.2, 0.25) is 10.0 Å². The van der Waals surface area contributed by atoms with Crippen molar-refractivity contribution in [2.24, 2.45) is 14.1 Å². The van der Waals surface area contributed by atoms with Crippen LogP contribution >= 0.6 is 23.2 Å². The van der Waals surface area contributed by atoms with Gasteiger partial charge in [0.1, 0.15) is 17.1 Å². The van der Waals surface area contributed by atoms with Crippen molar-refractivity contribution >= 4 is 62.6 Å². The molecule has 0 saturated heterocycles. The third-order valence-corrected chi connectivity index (χ3v) is 11.4. The van der Waals surface area contributed by atoms with Crippen LogP contribution in [0.4, 0.5) is 5.69 Å². The number of carboxylic acids is 1. The normalized spacial score (nSPS) is 14.6. The summed E-state index contributed by atoms with van der Waals surface area (Å²) in [7, 11) is 3.67. The second-order valence-corrected chi connectivity index (χ2v) is 14.6. The maximum atomic E-state index is 15.1. The number of fused-ring (bicyclic) bond motifs is 4. The summed E-state index contributed by atoms with van der Waals surface area (Å²) < 4.78 is 11.9. The van der Waals surface area contributed by atoms with Crippen LogP contribution in [0.1, 0.15) is 74.0 Å². The van der Waals surface area contributed by atoms with Crippen molar-refractivity contribution in [1.82, 2.24) is 18.9 Å². The smallest absolute Gasteiger partial charge is 0.352 e. The molecule has 6 aromatic rings. The molecule has 0 saturated carbocycles. The lowest BCUT2D eigenvalue weighted by Gasteiger charge is -2.35. The molecule has 4 heterocycles. The molecule has 3 aromatic heterocycles. The van der Waals surface area contributed by atoms with Gasteiger partial charge in [-0.15, -0.1) is 0 Å². The van der Waals surface area contributed by atoms with Crippen LogP contribution in [-0.2, 0) is 20.5 Å². The van der Waals surface area contributed by atoms with Gasteiger partial charge in [0.25, 0.3) is 5.91 Å². The number of carbonyl (C=O) groups excluding carboxylic acids is 1. The minimum atomic E-state index is -1.01. The van der Waals surface area contributed by atoms with Crippen molar-refractivity contribution in [3.8, 4) is 16.9 Å². The number of benzene rings is 3. The SMILES string of the molecule is Cc1cc(OCCCc2c3n(c4c(-c5c(C)nn(C)c5C)c(Cl)ccc24)[C@H](C)CN(c2cccc4c(C)c(C(=O)O)n(C)c24)C3=O)cc(C)c1Cl. The average molecular weight is 727 g/mol. The van der Waals surface area contributed by atoms with Gasteiger partial charge in [0.05, 0.1) is 34.0 Å². The van der Waals surface area contributed by atoms with E-state index in [4.69, 9.17) is 33.0 Å². The Hall–Kier alpha value is -4.73. The summed E-state index contributed by atoms with van der Waals surface area (Å²) in [6.07, 6.45) is 1.24. The number of amides is 1. The fourth-order valence-electron chi connectivity index (χ4n) is 8.14. The number of aryl methyl sites for hydroxylation is 7. The zero-order valence-electron chi connectivity index (χ0n) is 30.1. The first-order valence-corrected chi connectivity index (χ1v) is 17.9. The lowest BCUT2D eigenvalue weighted by Crippen LogP contribution is -2.43. The molecule has 0 fully saturated rings. The van der Waals surface area contributed by atoms with E-state index < -0.39 is 5.97 Å². The molecule has 1 N–H and O–H groups in total. The summed E-state index contributed by atoms with van der Waals surface area (Å²) in [6, 6.07) is 13.4. The van der Waals surface area contributed by atoms with E-state index in [9.17, 15) is 9.90 Å². The summed E-state index contributed by atoms with van der Waals surface area (Å²) in [5, 5.41) is 17.9. The number of para-hydroxylation sites is 1. The maximum Gasteiger partial charge on any atom is 0.352 e. The first kappa shape index (κ1) is 34.7. The predicted molar refractivity (Wildman–Crippen MR) is 204 cm³/mol.